The van der Waals surface area contributed by atoms with E-state index < -0.39 is 4.92 Å². The summed E-state index contributed by atoms with van der Waals surface area (Å²) >= 11 is 0.888. The van der Waals surface area contributed by atoms with Gasteiger partial charge in [-0.1, -0.05) is 29.5 Å². The Bertz CT molecular complexity index is 713. The number of carbonyl (C=O) groups is 1. The number of benzene rings is 1. The number of fused-ring (bicyclic) bond motifs is 1. The summed E-state index contributed by atoms with van der Waals surface area (Å²) in [6.45, 7) is 0.418. The molecule has 1 aliphatic rings. The maximum Gasteiger partial charge on any atom is 0.324 e. The number of para-hydroxylation sites is 1. The first-order valence-electron chi connectivity index (χ1n) is 6.46. The molecule has 0 saturated heterocycles. The van der Waals surface area contributed by atoms with Crippen molar-refractivity contribution in [3.8, 4) is 0 Å². The van der Waals surface area contributed by atoms with Gasteiger partial charge in [-0.05, 0) is 24.1 Å². The van der Waals surface area contributed by atoms with E-state index in [9.17, 15) is 14.9 Å². The van der Waals surface area contributed by atoms with Crippen LogP contribution in [0.3, 0.4) is 0 Å². The molecule has 3 rings (SSSR count). The van der Waals surface area contributed by atoms with Crippen LogP contribution in [0.1, 0.15) is 15.2 Å². The molecule has 0 bridgehead atoms. The molecule has 1 unspecified atom stereocenters. The Kier molecular flexibility index (Phi) is 3.44. The molecule has 0 saturated carbocycles. The Labute approximate surface area is 124 Å². The van der Waals surface area contributed by atoms with Crippen molar-refractivity contribution in [1.82, 2.24) is 0 Å². The number of anilines is 1. The molecular formula is C14H13N3O3S. The van der Waals surface area contributed by atoms with Crippen molar-refractivity contribution in [1.29, 1.82) is 0 Å². The molecule has 6 nitrogen and oxygen atoms in total. The number of thiophene rings is 1. The molecule has 0 aliphatic carbocycles. The fourth-order valence-corrected chi connectivity index (χ4v) is 3.26. The van der Waals surface area contributed by atoms with Crippen molar-refractivity contribution in [3.63, 3.8) is 0 Å². The topological polar surface area (TPSA) is 89.5 Å². The van der Waals surface area contributed by atoms with Gasteiger partial charge in [-0.15, -0.1) is 0 Å². The predicted octanol–water partition coefficient (Wildman–Crippen LogP) is 2.19. The predicted molar refractivity (Wildman–Crippen MR) is 80.8 cm³/mol. The highest BCUT2D eigenvalue weighted by Crippen LogP contribution is 2.31. The van der Waals surface area contributed by atoms with Gasteiger partial charge in [-0.3, -0.25) is 14.9 Å². The van der Waals surface area contributed by atoms with Crippen molar-refractivity contribution >= 4 is 27.9 Å². The highest BCUT2D eigenvalue weighted by atomic mass is 32.1. The van der Waals surface area contributed by atoms with E-state index in [1.54, 1.807) is 4.90 Å². The molecule has 2 N–H and O–H groups in total. The molecule has 1 aromatic carbocycles. The second kappa shape index (κ2) is 5.27. The number of rotatable bonds is 2. The Hall–Kier alpha value is -2.25. The summed E-state index contributed by atoms with van der Waals surface area (Å²) in [7, 11) is 0. The third-order valence-corrected chi connectivity index (χ3v) is 4.43. The third-order valence-electron chi connectivity index (χ3n) is 3.41. The SMILES string of the molecule is NC1Cc2ccccc2N(C(=O)c2ccc([N+](=O)[O-])s2)C1. The summed E-state index contributed by atoms with van der Waals surface area (Å²) < 4.78 is 0. The monoisotopic (exact) mass is 303 g/mol. The Balaban J connectivity index is 1.95. The van der Waals surface area contributed by atoms with Gasteiger partial charge in [0, 0.05) is 24.3 Å². The molecule has 1 amide bonds. The van der Waals surface area contributed by atoms with Crippen molar-refractivity contribution in [2.45, 2.75) is 12.5 Å². The van der Waals surface area contributed by atoms with Gasteiger partial charge < -0.3 is 10.6 Å². The zero-order valence-electron chi connectivity index (χ0n) is 11.1. The van der Waals surface area contributed by atoms with Crippen LogP contribution in [0.15, 0.2) is 36.4 Å². The van der Waals surface area contributed by atoms with Crippen molar-refractivity contribution in [2.24, 2.45) is 5.73 Å². The lowest BCUT2D eigenvalue weighted by molar-refractivity contribution is -0.380. The van der Waals surface area contributed by atoms with Gasteiger partial charge in [-0.2, -0.15) is 0 Å². The lowest BCUT2D eigenvalue weighted by Gasteiger charge is -2.32. The second-order valence-electron chi connectivity index (χ2n) is 4.90. The van der Waals surface area contributed by atoms with Crippen LogP contribution < -0.4 is 10.6 Å². The van der Waals surface area contributed by atoms with E-state index in [0.29, 0.717) is 11.4 Å². The minimum Gasteiger partial charge on any atom is -0.326 e. The van der Waals surface area contributed by atoms with Crippen LogP contribution in [0, 0.1) is 10.1 Å². The Morgan fingerprint density at radius 3 is 2.81 bits per heavy atom. The maximum absolute atomic E-state index is 12.6. The van der Waals surface area contributed by atoms with E-state index in [4.69, 9.17) is 5.73 Å². The first-order chi connectivity index (χ1) is 10.1. The highest BCUT2D eigenvalue weighted by Gasteiger charge is 2.28. The number of nitro groups is 1. The molecule has 7 heteroatoms. The molecule has 0 radical (unpaired) electrons. The van der Waals surface area contributed by atoms with E-state index in [2.05, 4.69) is 0 Å². The van der Waals surface area contributed by atoms with E-state index in [1.807, 2.05) is 24.3 Å². The van der Waals surface area contributed by atoms with E-state index >= 15 is 0 Å². The summed E-state index contributed by atoms with van der Waals surface area (Å²) in [6.07, 6.45) is 0.727. The van der Waals surface area contributed by atoms with E-state index in [0.717, 1.165) is 29.0 Å². The van der Waals surface area contributed by atoms with Crippen molar-refractivity contribution in [3.05, 3.63) is 57.0 Å². The first-order valence-corrected chi connectivity index (χ1v) is 7.27. The number of hydrogen-bond donors (Lipinski definition) is 1. The van der Waals surface area contributed by atoms with Crippen molar-refractivity contribution in [2.75, 3.05) is 11.4 Å². The highest BCUT2D eigenvalue weighted by molar-refractivity contribution is 7.17. The van der Waals surface area contributed by atoms with E-state index in [1.165, 1.54) is 12.1 Å². The van der Waals surface area contributed by atoms with Gasteiger partial charge in [0.2, 0.25) is 0 Å². The molecule has 1 aliphatic heterocycles. The normalized spacial score (nSPS) is 17.4. The molecule has 1 atom stereocenters. The summed E-state index contributed by atoms with van der Waals surface area (Å²) in [5, 5.41) is 10.7. The molecule has 1 aromatic heterocycles. The quantitative estimate of drug-likeness (QED) is 0.680. The molecule has 0 fully saturated rings. The molecule has 0 spiro atoms. The van der Waals surface area contributed by atoms with Gasteiger partial charge in [0.1, 0.15) is 0 Å². The average Bonchev–Trinajstić information content (AvgIpc) is 2.95. The van der Waals surface area contributed by atoms with Crippen LogP contribution in [0.4, 0.5) is 10.7 Å². The summed E-state index contributed by atoms with van der Waals surface area (Å²) in [4.78, 5) is 24.8. The zero-order chi connectivity index (χ0) is 15.0. The number of nitrogens with two attached hydrogens (primary N) is 1. The van der Waals surface area contributed by atoms with Crippen LogP contribution in [0.25, 0.3) is 0 Å². The second-order valence-corrected chi connectivity index (χ2v) is 5.97. The molecule has 2 aromatic rings. The largest absolute Gasteiger partial charge is 0.326 e. The summed E-state index contributed by atoms with van der Waals surface area (Å²) in [5.74, 6) is -0.240. The van der Waals surface area contributed by atoms with Crippen molar-refractivity contribution < 1.29 is 9.72 Å². The summed E-state index contributed by atoms with van der Waals surface area (Å²) in [5.41, 5.74) is 7.87. The van der Waals surface area contributed by atoms with Gasteiger partial charge in [-0.25, -0.2) is 0 Å². The number of amides is 1. The van der Waals surface area contributed by atoms with Crippen LogP contribution in [0.5, 0.6) is 0 Å². The first kappa shape index (κ1) is 13.7. The fourth-order valence-electron chi connectivity index (χ4n) is 2.49. The maximum atomic E-state index is 12.6. The fraction of sp³-hybridized carbons (Fsp3) is 0.214. The molecular weight excluding hydrogens is 290 g/mol. The Morgan fingerprint density at radius 1 is 1.33 bits per heavy atom. The molecule has 2 heterocycles. The standard InChI is InChI=1S/C14H13N3O3S/c15-10-7-9-3-1-2-4-11(9)16(8-10)14(18)12-5-6-13(21-12)17(19)20/h1-6,10H,7-8,15H2. The van der Waals surface area contributed by atoms with Crippen LogP contribution >= 0.6 is 11.3 Å². The lowest BCUT2D eigenvalue weighted by Crippen LogP contribution is -2.46. The Morgan fingerprint density at radius 2 is 2.10 bits per heavy atom. The zero-order valence-corrected chi connectivity index (χ0v) is 11.9. The minimum absolute atomic E-state index is 0.0343. The lowest BCUT2D eigenvalue weighted by atomic mass is 9.98. The number of carbonyl (C=O) groups excluding carboxylic acids is 1. The minimum atomic E-state index is -0.489. The van der Waals surface area contributed by atoms with Gasteiger partial charge in [0.25, 0.3) is 5.91 Å². The van der Waals surface area contributed by atoms with Gasteiger partial charge in [0.05, 0.1) is 9.80 Å². The third kappa shape index (κ3) is 2.53. The number of nitrogens with zero attached hydrogens (tertiary/aromatic N) is 2. The number of hydrogen-bond acceptors (Lipinski definition) is 5. The summed E-state index contributed by atoms with van der Waals surface area (Å²) in [6, 6.07) is 10.3. The molecule has 21 heavy (non-hydrogen) atoms. The smallest absolute Gasteiger partial charge is 0.324 e. The van der Waals surface area contributed by atoms with Gasteiger partial charge >= 0.3 is 5.00 Å². The molecule has 108 valence electrons. The van der Waals surface area contributed by atoms with Crippen LogP contribution in [-0.2, 0) is 6.42 Å². The van der Waals surface area contributed by atoms with E-state index in [-0.39, 0.29) is 17.0 Å². The average molecular weight is 303 g/mol. The van der Waals surface area contributed by atoms with Crippen LogP contribution in [0.2, 0.25) is 0 Å². The van der Waals surface area contributed by atoms with Crippen LogP contribution in [-0.4, -0.2) is 23.4 Å². The van der Waals surface area contributed by atoms with Gasteiger partial charge in [0.15, 0.2) is 0 Å².